The van der Waals surface area contributed by atoms with Gasteiger partial charge in [-0.15, -0.1) is 0 Å². The number of aromatic nitrogens is 1. The number of hydrogen-bond donors (Lipinski definition) is 2. The Balaban J connectivity index is 1.75. The van der Waals surface area contributed by atoms with Gasteiger partial charge in [0, 0.05) is 25.5 Å². The van der Waals surface area contributed by atoms with Gasteiger partial charge in [-0.3, -0.25) is 9.78 Å². The lowest BCUT2D eigenvalue weighted by Gasteiger charge is -2.42. The van der Waals surface area contributed by atoms with Crippen LogP contribution in [0, 0.1) is 5.92 Å². The van der Waals surface area contributed by atoms with Crippen molar-refractivity contribution < 1.29 is 23.1 Å². The van der Waals surface area contributed by atoms with Crippen molar-refractivity contribution in [3.8, 4) is 0 Å². The Morgan fingerprint density at radius 1 is 1.38 bits per heavy atom. The van der Waals surface area contributed by atoms with E-state index in [2.05, 4.69) is 10.3 Å². The minimum atomic E-state index is -3.76. The van der Waals surface area contributed by atoms with E-state index in [9.17, 15) is 23.1 Å². The van der Waals surface area contributed by atoms with E-state index in [1.165, 1.54) is 13.8 Å². The molecular weight excluding hydrogens is 334 g/mol. The first kappa shape index (κ1) is 16.8. The zero-order chi connectivity index (χ0) is 17.7. The number of carbonyl (C=O) groups excluding carboxylic acids is 1. The Labute approximate surface area is 139 Å². The number of rotatable bonds is 5. The first-order valence-electron chi connectivity index (χ1n) is 7.57. The van der Waals surface area contributed by atoms with Crippen LogP contribution in [0.25, 0.3) is 0 Å². The first-order valence-corrected chi connectivity index (χ1v) is 9.12. The summed E-state index contributed by atoms with van der Waals surface area (Å²) in [6, 6.07) is 2.30. The van der Waals surface area contributed by atoms with E-state index in [-0.39, 0.29) is 6.54 Å². The molecule has 1 amide bonds. The summed E-state index contributed by atoms with van der Waals surface area (Å²) in [5.41, 5.74) is 0.964. The van der Waals surface area contributed by atoms with Crippen LogP contribution in [-0.2, 0) is 26.0 Å². The Morgan fingerprint density at radius 3 is 2.58 bits per heavy atom. The number of pyridine rings is 1. The van der Waals surface area contributed by atoms with Crippen molar-refractivity contribution >= 4 is 21.7 Å². The lowest BCUT2D eigenvalue weighted by atomic mass is 9.91. The van der Waals surface area contributed by atoms with Crippen LogP contribution in [0.2, 0.25) is 0 Å². The molecule has 8 nitrogen and oxygen atoms in total. The van der Waals surface area contributed by atoms with E-state index in [0.717, 1.165) is 10.5 Å². The molecule has 3 rings (SSSR count). The number of carboxylic acid groups (broad SMARTS) is 1. The summed E-state index contributed by atoms with van der Waals surface area (Å²) in [4.78, 5) is 28.7. The Morgan fingerprint density at radius 2 is 2.00 bits per heavy atom. The fraction of sp³-hybridized carbons (Fsp3) is 0.533. The predicted octanol–water partition coefficient (Wildman–Crippen LogP) is -0.384. The van der Waals surface area contributed by atoms with Gasteiger partial charge >= 0.3 is 5.97 Å². The number of sulfone groups is 1. The van der Waals surface area contributed by atoms with E-state index in [4.69, 9.17) is 0 Å². The molecule has 0 bridgehead atoms. The summed E-state index contributed by atoms with van der Waals surface area (Å²) in [5, 5.41) is 11.4. The monoisotopic (exact) mass is 353 g/mol. The maximum Gasteiger partial charge on any atom is 0.328 e. The van der Waals surface area contributed by atoms with Gasteiger partial charge in [0.1, 0.15) is 11.4 Å². The van der Waals surface area contributed by atoms with Gasteiger partial charge in [-0.1, -0.05) is 0 Å². The van der Waals surface area contributed by atoms with Crippen LogP contribution >= 0.6 is 0 Å². The van der Waals surface area contributed by atoms with Gasteiger partial charge < -0.3 is 15.3 Å². The van der Waals surface area contributed by atoms with Crippen molar-refractivity contribution in [2.75, 3.05) is 6.54 Å². The second kappa shape index (κ2) is 5.52. The topological polar surface area (TPSA) is 117 Å². The second-order valence-electron chi connectivity index (χ2n) is 6.62. The molecule has 0 spiro atoms. The molecule has 2 aliphatic rings. The number of nitrogens with one attached hydrogen (secondary N) is 1. The van der Waals surface area contributed by atoms with E-state index in [1.807, 2.05) is 12.1 Å². The molecule has 0 saturated carbocycles. The Hall–Kier alpha value is -2.00. The van der Waals surface area contributed by atoms with Crippen LogP contribution in [0.5, 0.6) is 0 Å². The molecule has 0 radical (unpaired) electrons. The quantitative estimate of drug-likeness (QED) is 0.693. The third-order valence-electron chi connectivity index (χ3n) is 4.85. The van der Waals surface area contributed by atoms with Gasteiger partial charge in [0.25, 0.3) is 0 Å². The zero-order valence-corrected chi connectivity index (χ0v) is 14.2. The Kier molecular flexibility index (Phi) is 3.88. The second-order valence-corrected chi connectivity index (χ2v) is 9.24. The van der Waals surface area contributed by atoms with Crippen molar-refractivity contribution in [2.45, 2.75) is 36.6 Å². The normalized spacial score (nSPS) is 29.8. The number of nitrogens with zero attached hydrogens (tertiary/aromatic N) is 2. The largest absolute Gasteiger partial charge is 0.480 e. The SMILES string of the molecule is CC1(C)[C@H](C(=O)O)N2C(=O)[C@@H](CNCc3ccncc3)[C@H]2S1(=O)=O. The molecule has 2 fully saturated rings. The first-order chi connectivity index (χ1) is 11.2. The summed E-state index contributed by atoms with van der Waals surface area (Å²) in [5.74, 6) is -2.47. The van der Waals surface area contributed by atoms with Gasteiger partial charge in [-0.05, 0) is 31.5 Å². The molecule has 2 N–H and O–H groups in total. The third-order valence-corrected chi connectivity index (χ3v) is 7.74. The van der Waals surface area contributed by atoms with Crippen molar-refractivity contribution in [1.29, 1.82) is 0 Å². The minimum absolute atomic E-state index is 0.184. The molecule has 0 aromatic carbocycles. The molecule has 24 heavy (non-hydrogen) atoms. The molecule has 1 aromatic heterocycles. The highest BCUT2D eigenvalue weighted by Crippen LogP contribution is 2.48. The molecule has 3 heterocycles. The highest BCUT2D eigenvalue weighted by atomic mass is 32.2. The summed E-state index contributed by atoms with van der Waals surface area (Å²) in [6.45, 7) is 3.40. The van der Waals surface area contributed by atoms with Crippen LogP contribution in [0.15, 0.2) is 24.5 Å². The number of amides is 1. The van der Waals surface area contributed by atoms with Crippen LogP contribution in [0.4, 0.5) is 0 Å². The van der Waals surface area contributed by atoms with Gasteiger partial charge in [-0.25, -0.2) is 13.2 Å². The maximum absolute atomic E-state index is 12.7. The molecule has 2 aliphatic heterocycles. The highest BCUT2D eigenvalue weighted by molar-refractivity contribution is 7.93. The summed E-state index contributed by atoms with van der Waals surface area (Å²) >= 11 is 0. The lowest BCUT2D eigenvalue weighted by Crippen LogP contribution is -2.65. The number of carbonyl (C=O) groups is 2. The van der Waals surface area contributed by atoms with E-state index < -0.39 is 43.8 Å². The fourth-order valence-corrected chi connectivity index (χ4v) is 5.79. The number of fused-ring (bicyclic) bond motifs is 1. The molecule has 2 saturated heterocycles. The maximum atomic E-state index is 12.7. The summed E-state index contributed by atoms with van der Waals surface area (Å²) in [6.07, 6.45) is 3.29. The smallest absolute Gasteiger partial charge is 0.328 e. The van der Waals surface area contributed by atoms with Crippen LogP contribution in [0.1, 0.15) is 19.4 Å². The van der Waals surface area contributed by atoms with Crippen LogP contribution in [0.3, 0.4) is 0 Å². The number of hydrogen-bond acceptors (Lipinski definition) is 6. The van der Waals surface area contributed by atoms with Crippen LogP contribution in [-0.4, -0.2) is 58.0 Å². The van der Waals surface area contributed by atoms with E-state index in [1.54, 1.807) is 12.4 Å². The molecule has 3 atom stereocenters. The molecule has 0 unspecified atom stereocenters. The number of β-lactam (4-membered cyclic amide) rings is 1. The minimum Gasteiger partial charge on any atom is -0.480 e. The van der Waals surface area contributed by atoms with Gasteiger partial charge in [0.2, 0.25) is 5.91 Å². The highest BCUT2D eigenvalue weighted by Gasteiger charge is 2.71. The number of aliphatic carboxylic acids is 1. The molecule has 1 aromatic rings. The van der Waals surface area contributed by atoms with Crippen molar-refractivity contribution in [3.63, 3.8) is 0 Å². The molecule has 130 valence electrons. The van der Waals surface area contributed by atoms with Gasteiger partial charge in [0.05, 0.1) is 10.7 Å². The van der Waals surface area contributed by atoms with E-state index >= 15 is 0 Å². The van der Waals surface area contributed by atoms with Crippen molar-refractivity contribution in [2.24, 2.45) is 5.92 Å². The summed E-state index contributed by atoms with van der Waals surface area (Å²) < 4.78 is 23.9. The predicted molar refractivity (Wildman–Crippen MR) is 84.5 cm³/mol. The third kappa shape index (κ3) is 2.22. The molecular formula is C15H19N3O5S. The number of carboxylic acids is 1. The summed E-state index contributed by atoms with van der Waals surface area (Å²) in [7, 11) is -3.76. The van der Waals surface area contributed by atoms with Crippen molar-refractivity contribution in [1.82, 2.24) is 15.2 Å². The fourth-order valence-electron chi connectivity index (χ4n) is 3.47. The standard InChI is InChI=1S/C15H19N3O5S/c1-15(2)11(14(20)21)18-12(19)10(13(18)24(15,22)23)8-17-7-9-3-5-16-6-4-9/h3-6,10-11,13,17H,7-8H2,1-2H3,(H,20,21)/t10-,11+,13-/m1/s1. The van der Waals surface area contributed by atoms with Gasteiger partial charge in [0.15, 0.2) is 9.84 Å². The molecule has 0 aliphatic carbocycles. The van der Waals surface area contributed by atoms with Crippen LogP contribution < -0.4 is 5.32 Å². The average Bonchev–Trinajstić information content (AvgIpc) is 2.66. The Bertz CT molecular complexity index is 778. The zero-order valence-electron chi connectivity index (χ0n) is 13.3. The van der Waals surface area contributed by atoms with Gasteiger partial charge in [-0.2, -0.15) is 0 Å². The lowest BCUT2D eigenvalue weighted by molar-refractivity contribution is -0.163. The van der Waals surface area contributed by atoms with E-state index in [0.29, 0.717) is 6.54 Å². The average molecular weight is 353 g/mol. The molecule has 9 heteroatoms. The van der Waals surface area contributed by atoms with Crippen molar-refractivity contribution in [3.05, 3.63) is 30.1 Å².